The van der Waals surface area contributed by atoms with Gasteiger partial charge >= 0.3 is 0 Å². The monoisotopic (exact) mass is 417 g/mol. The van der Waals surface area contributed by atoms with E-state index in [4.69, 9.17) is 9.47 Å². The van der Waals surface area contributed by atoms with Crippen LogP contribution >= 0.6 is 0 Å². The fourth-order valence-electron chi connectivity index (χ4n) is 3.30. The summed E-state index contributed by atoms with van der Waals surface area (Å²) in [6, 6.07) is 16.6. The molecule has 0 saturated heterocycles. The molecule has 6 nitrogen and oxygen atoms in total. The summed E-state index contributed by atoms with van der Waals surface area (Å²) in [5.41, 5.74) is 2.75. The Hall–Kier alpha value is -4.00. The van der Waals surface area contributed by atoms with Crippen molar-refractivity contribution in [1.82, 2.24) is 15.3 Å². The highest BCUT2D eigenvalue weighted by Crippen LogP contribution is 2.34. The third-order valence-electron chi connectivity index (χ3n) is 4.86. The van der Waals surface area contributed by atoms with Crippen LogP contribution in [0.3, 0.4) is 0 Å². The average molecular weight is 417 g/mol. The Bertz CT molecular complexity index is 1250. The number of hydrogen-bond acceptors (Lipinski definition) is 5. The number of ether oxygens (including phenoxy) is 2. The van der Waals surface area contributed by atoms with Crippen molar-refractivity contribution in [3.8, 4) is 22.8 Å². The molecule has 0 spiro atoms. The van der Waals surface area contributed by atoms with E-state index in [2.05, 4.69) is 15.3 Å². The lowest BCUT2D eigenvalue weighted by Crippen LogP contribution is -2.23. The zero-order valence-corrected chi connectivity index (χ0v) is 17.1. The van der Waals surface area contributed by atoms with Crippen LogP contribution in [-0.2, 0) is 6.54 Å². The highest BCUT2D eigenvalue weighted by Gasteiger charge is 2.17. The fourth-order valence-corrected chi connectivity index (χ4v) is 3.30. The van der Waals surface area contributed by atoms with Gasteiger partial charge in [0.2, 0.25) is 0 Å². The number of nitrogens with one attached hydrogen (secondary N) is 1. The second-order valence-electron chi connectivity index (χ2n) is 6.79. The minimum atomic E-state index is -0.442. The molecule has 7 heteroatoms. The SMILES string of the molecule is COc1ccc(-c2cc(C(=O)NCc3ccccn3)c3cc(F)ccc3n2)c(OC)c1. The van der Waals surface area contributed by atoms with Gasteiger partial charge in [0.05, 0.1) is 43.2 Å². The van der Waals surface area contributed by atoms with Crippen molar-refractivity contribution in [2.45, 2.75) is 6.54 Å². The number of carbonyl (C=O) groups excluding carboxylic acids is 1. The molecule has 0 aliphatic rings. The Balaban J connectivity index is 1.79. The number of carbonyl (C=O) groups is 1. The number of hydrogen-bond donors (Lipinski definition) is 1. The highest BCUT2D eigenvalue weighted by molar-refractivity contribution is 6.07. The third kappa shape index (κ3) is 4.30. The van der Waals surface area contributed by atoms with Gasteiger partial charge in [-0.2, -0.15) is 0 Å². The van der Waals surface area contributed by atoms with Gasteiger partial charge in [0.25, 0.3) is 5.91 Å². The van der Waals surface area contributed by atoms with Gasteiger partial charge in [-0.1, -0.05) is 6.07 Å². The molecular formula is C24H20FN3O3. The number of amides is 1. The molecule has 2 aromatic heterocycles. The Morgan fingerprint density at radius 2 is 1.90 bits per heavy atom. The van der Waals surface area contributed by atoms with E-state index in [0.717, 1.165) is 5.69 Å². The molecule has 4 aromatic rings. The highest BCUT2D eigenvalue weighted by atomic mass is 19.1. The summed E-state index contributed by atoms with van der Waals surface area (Å²) >= 11 is 0. The summed E-state index contributed by atoms with van der Waals surface area (Å²) in [4.78, 5) is 21.9. The van der Waals surface area contributed by atoms with Crippen LogP contribution in [0.25, 0.3) is 22.2 Å². The van der Waals surface area contributed by atoms with Gasteiger partial charge in [-0.25, -0.2) is 9.37 Å². The maximum Gasteiger partial charge on any atom is 0.252 e. The molecule has 156 valence electrons. The van der Waals surface area contributed by atoms with E-state index < -0.39 is 5.82 Å². The lowest BCUT2D eigenvalue weighted by atomic mass is 10.0. The van der Waals surface area contributed by atoms with Gasteiger partial charge in [0.1, 0.15) is 17.3 Å². The van der Waals surface area contributed by atoms with Gasteiger partial charge < -0.3 is 14.8 Å². The average Bonchev–Trinajstić information content (AvgIpc) is 2.82. The first kappa shape index (κ1) is 20.3. The minimum absolute atomic E-state index is 0.250. The quantitative estimate of drug-likeness (QED) is 0.504. The van der Waals surface area contributed by atoms with Crippen LogP contribution in [0.5, 0.6) is 11.5 Å². The van der Waals surface area contributed by atoms with Crippen molar-refractivity contribution in [3.05, 3.63) is 83.9 Å². The van der Waals surface area contributed by atoms with E-state index in [9.17, 15) is 9.18 Å². The van der Waals surface area contributed by atoms with E-state index in [-0.39, 0.29) is 12.5 Å². The fraction of sp³-hybridized carbons (Fsp3) is 0.125. The van der Waals surface area contributed by atoms with Gasteiger partial charge in [0.15, 0.2) is 0 Å². The lowest BCUT2D eigenvalue weighted by molar-refractivity contribution is 0.0952. The maximum atomic E-state index is 14.0. The molecular weight excluding hydrogens is 397 g/mol. The summed E-state index contributed by atoms with van der Waals surface area (Å²) in [5.74, 6) is 0.394. The summed E-state index contributed by atoms with van der Waals surface area (Å²) in [5, 5.41) is 3.28. The number of benzene rings is 2. The van der Waals surface area contributed by atoms with Gasteiger partial charge in [-0.3, -0.25) is 9.78 Å². The van der Waals surface area contributed by atoms with E-state index in [1.54, 1.807) is 50.7 Å². The van der Waals surface area contributed by atoms with Crippen LogP contribution in [0.4, 0.5) is 4.39 Å². The van der Waals surface area contributed by atoms with Crippen molar-refractivity contribution in [3.63, 3.8) is 0 Å². The third-order valence-corrected chi connectivity index (χ3v) is 4.86. The van der Waals surface area contributed by atoms with E-state index >= 15 is 0 Å². The first-order valence-corrected chi connectivity index (χ1v) is 9.60. The summed E-state index contributed by atoms with van der Waals surface area (Å²) in [6.45, 7) is 0.250. The lowest BCUT2D eigenvalue weighted by Gasteiger charge is -2.13. The number of halogens is 1. The molecule has 0 unspecified atom stereocenters. The Morgan fingerprint density at radius 1 is 1.03 bits per heavy atom. The molecule has 4 rings (SSSR count). The molecule has 0 aliphatic carbocycles. The number of aromatic nitrogens is 2. The van der Waals surface area contributed by atoms with Crippen molar-refractivity contribution < 1.29 is 18.7 Å². The normalized spacial score (nSPS) is 10.7. The molecule has 0 bridgehead atoms. The standard InChI is InChI=1S/C24H20FN3O3/c1-30-17-7-8-18(23(12-17)31-2)22-13-20(19-11-15(25)6-9-21(19)28-22)24(29)27-14-16-5-3-4-10-26-16/h3-13H,14H2,1-2H3,(H,27,29). The van der Waals surface area contributed by atoms with Crippen molar-refractivity contribution in [2.24, 2.45) is 0 Å². The van der Waals surface area contributed by atoms with Crippen LogP contribution in [0.2, 0.25) is 0 Å². The molecule has 2 aromatic carbocycles. The molecule has 0 atom stereocenters. The zero-order chi connectivity index (χ0) is 21.8. The van der Waals surface area contributed by atoms with Crippen molar-refractivity contribution in [2.75, 3.05) is 14.2 Å². The van der Waals surface area contributed by atoms with Crippen LogP contribution in [0.1, 0.15) is 16.1 Å². The Labute approximate surface area is 178 Å². The first-order chi connectivity index (χ1) is 15.1. The number of rotatable bonds is 6. The maximum absolute atomic E-state index is 14.0. The largest absolute Gasteiger partial charge is 0.497 e. The van der Waals surface area contributed by atoms with Crippen molar-refractivity contribution in [1.29, 1.82) is 0 Å². The van der Waals surface area contributed by atoms with Gasteiger partial charge in [-0.15, -0.1) is 0 Å². The topological polar surface area (TPSA) is 73.3 Å². The molecule has 0 radical (unpaired) electrons. The zero-order valence-electron chi connectivity index (χ0n) is 17.1. The van der Waals surface area contributed by atoms with E-state index in [0.29, 0.717) is 39.2 Å². The Kier molecular flexibility index (Phi) is 5.75. The van der Waals surface area contributed by atoms with Crippen molar-refractivity contribution >= 4 is 16.8 Å². The predicted molar refractivity (Wildman–Crippen MR) is 116 cm³/mol. The summed E-state index contributed by atoms with van der Waals surface area (Å²) < 4.78 is 24.7. The Morgan fingerprint density at radius 3 is 2.65 bits per heavy atom. The number of methoxy groups -OCH3 is 2. The molecule has 1 amide bonds. The molecule has 0 fully saturated rings. The van der Waals surface area contributed by atoms with Crippen LogP contribution < -0.4 is 14.8 Å². The number of nitrogens with zero attached hydrogens (tertiary/aromatic N) is 2. The smallest absolute Gasteiger partial charge is 0.252 e. The molecule has 2 heterocycles. The molecule has 1 N–H and O–H groups in total. The van der Waals surface area contributed by atoms with E-state index in [1.165, 1.54) is 12.1 Å². The van der Waals surface area contributed by atoms with Crippen LogP contribution in [-0.4, -0.2) is 30.1 Å². The van der Waals surface area contributed by atoms with Crippen LogP contribution in [0, 0.1) is 5.82 Å². The van der Waals surface area contributed by atoms with Gasteiger partial charge in [0, 0.05) is 23.2 Å². The first-order valence-electron chi connectivity index (χ1n) is 9.60. The predicted octanol–water partition coefficient (Wildman–Crippen LogP) is 4.38. The summed E-state index contributed by atoms with van der Waals surface area (Å²) in [7, 11) is 3.12. The second kappa shape index (κ2) is 8.79. The van der Waals surface area contributed by atoms with E-state index in [1.807, 2.05) is 18.2 Å². The molecule has 0 aliphatic heterocycles. The molecule has 31 heavy (non-hydrogen) atoms. The molecule has 0 saturated carbocycles. The summed E-state index contributed by atoms with van der Waals surface area (Å²) in [6.07, 6.45) is 1.66. The second-order valence-corrected chi connectivity index (χ2v) is 6.79. The minimum Gasteiger partial charge on any atom is -0.497 e. The van der Waals surface area contributed by atoms with Gasteiger partial charge in [-0.05, 0) is 48.5 Å². The number of pyridine rings is 2. The van der Waals surface area contributed by atoms with Crippen LogP contribution in [0.15, 0.2) is 66.9 Å². The number of fused-ring (bicyclic) bond motifs is 1.